The largest absolute Gasteiger partial charge is 0.508 e. The molecule has 2 aromatic rings. The van der Waals surface area contributed by atoms with Crippen molar-refractivity contribution in [1.29, 1.82) is 0 Å². The highest BCUT2D eigenvalue weighted by molar-refractivity contribution is 5.79. The lowest BCUT2D eigenvalue weighted by Gasteiger charge is -2.26. The highest BCUT2D eigenvalue weighted by Crippen LogP contribution is 2.31. The summed E-state index contributed by atoms with van der Waals surface area (Å²) in [5.41, 5.74) is 1.36. The molecule has 1 aliphatic rings. The maximum absolute atomic E-state index is 13.6. The Bertz CT molecular complexity index is 782. The smallest absolute Gasteiger partial charge is 0.224 e. The number of likely N-dealkylation sites (N-methyl/N-ethyl adjacent to an activating group) is 1. The zero-order valence-electron chi connectivity index (χ0n) is 13.9. The first-order chi connectivity index (χ1) is 11.9. The van der Waals surface area contributed by atoms with E-state index in [1.54, 1.807) is 30.3 Å². The predicted molar refractivity (Wildman–Crippen MR) is 90.1 cm³/mol. The molecular weight excluding hydrogens is 326 g/mol. The van der Waals surface area contributed by atoms with E-state index in [1.807, 2.05) is 11.9 Å². The number of hydrogen-bond acceptors (Lipinski definition) is 3. The zero-order valence-corrected chi connectivity index (χ0v) is 13.9. The number of amides is 1. The standard InChI is InChI=1S/C19H20F2N2O2/c1-23-8-7-17(19(23)13-5-6-15(20)16(21)11-13)22-18(25)10-12-3-2-4-14(24)9-12/h2-6,9,11,17,19,24H,7-8,10H2,1H3,(H,22,25). The average Bonchev–Trinajstić information content (AvgIpc) is 2.90. The number of likely N-dealkylation sites (tertiary alicyclic amines) is 1. The Balaban J connectivity index is 1.72. The van der Waals surface area contributed by atoms with Gasteiger partial charge >= 0.3 is 0 Å². The van der Waals surface area contributed by atoms with Crippen LogP contribution in [0.4, 0.5) is 8.78 Å². The molecule has 0 aliphatic carbocycles. The van der Waals surface area contributed by atoms with Crippen molar-refractivity contribution < 1.29 is 18.7 Å². The summed E-state index contributed by atoms with van der Waals surface area (Å²) < 4.78 is 26.8. The van der Waals surface area contributed by atoms with E-state index in [0.29, 0.717) is 11.1 Å². The Morgan fingerprint density at radius 1 is 1.24 bits per heavy atom. The molecule has 132 valence electrons. The van der Waals surface area contributed by atoms with Crippen LogP contribution < -0.4 is 5.32 Å². The molecule has 25 heavy (non-hydrogen) atoms. The van der Waals surface area contributed by atoms with Gasteiger partial charge in [-0.25, -0.2) is 8.78 Å². The van der Waals surface area contributed by atoms with Crippen LogP contribution in [0.5, 0.6) is 5.75 Å². The third kappa shape index (κ3) is 3.96. The first kappa shape index (κ1) is 17.4. The molecule has 0 saturated carbocycles. The molecule has 6 heteroatoms. The minimum Gasteiger partial charge on any atom is -0.508 e. The topological polar surface area (TPSA) is 52.6 Å². The fraction of sp³-hybridized carbons (Fsp3) is 0.316. The van der Waals surface area contributed by atoms with Gasteiger partial charge in [-0.2, -0.15) is 0 Å². The van der Waals surface area contributed by atoms with Crippen molar-refractivity contribution in [2.75, 3.05) is 13.6 Å². The minimum atomic E-state index is -0.886. The van der Waals surface area contributed by atoms with E-state index < -0.39 is 11.6 Å². The molecule has 0 bridgehead atoms. The van der Waals surface area contributed by atoms with E-state index in [2.05, 4.69) is 5.32 Å². The molecule has 0 aromatic heterocycles. The summed E-state index contributed by atoms with van der Waals surface area (Å²) in [6.07, 6.45) is 0.880. The van der Waals surface area contributed by atoms with Crippen molar-refractivity contribution >= 4 is 5.91 Å². The number of benzene rings is 2. The van der Waals surface area contributed by atoms with E-state index in [0.717, 1.165) is 19.0 Å². The van der Waals surface area contributed by atoms with Gasteiger partial charge in [-0.1, -0.05) is 18.2 Å². The summed E-state index contributed by atoms with van der Waals surface area (Å²) in [5.74, 6) is -1.82. The highest BCUT2D eigenvalue weighted by Gasteiger charge is 2.34. The third-order valence-corrected chi connectivity index (χ3v) is 4.56. The van der Waals surface area contributed by atoms with Crippen LogP contribution >= 0.6 is 0 Å². The van der Waals surface area contributed by atoms with Crippen LogP contribution in [0.25, 0.3) is 0 Å². The molecule has 1 heterocycles. The van der Waals surface area contributed by atoms with Gasteiger partial charge in [0.15, 0.2) is 11.6 Å². The molecule has 0 radical (unpaired) electrons. The molecule has 2 atom stereocenters. The number of nitrogens with zero attached hydrogens (tertiary/aromatic N) is 1. The summed E-state index contributed by atoms with van der Waals surface area (Å²) in [5, 5.41) is 12.5. The van der Waals surface area contributed by atoms with E-state index in [9.17, 15) is 18.7 Å². The van der Waals surface area contributed by atoms with Gasteiger partial charge in [0.25, 0.3) is 0 Å². The predicted octanol–water partition coefficient (Wildman–Crippen LogP) is 2.77. The molecule has 1 saturated heterocycles. The summed E-state index contributed by atoms with van der Waals surface area (Å²) in [4.78, 5) is 14.4. The molecule has 2 unspecified atom stereocenters. The number of phenols is 1. The molecule has 0 spiro atoms. The van der Waals surface area contributed by atoms with Crippen LogP contribution in [0.1, 0.15) is 23.6 Å². The number of nitrogens with one attached hydrogen (secondary N) is 1. The lowest BCUT2D eigenvalue weighted by molar-refractivity contribution is -0.121. The molecule has 3 rings (SSSR count). The molecule has 1 fully saturated rings. The Morgan fingerprint density at radius 2 is 2.04 bits per heavy atom. The quantitative estimate of drug-likeness (QED) is 0.895. The van der Waals surface area contributed by atoms with E-state index in [1.165, 1.54) is 6.07 Å². The summed E-state index contributed by atoms with van der Waals surface area (Å²) in [6, 6.07) is 10.0. The van der Waals surface area contributed by atoms with E-state index in [4.69, 9.17) is 0 Å². The first-order valence-corrected chi connectivity index (χ1v) is 8.16. The van der Waals surface area contributed by atoms with Gasteiger partial charge in [0.05, 0.1) is 12.5 Å². The van der Waals surface area contributed by atoms with Crippen LogP contribution in [-0.4, -0.2) is 35.5 Å². The monoisotopic (exact) mass is 346 g/mol. The number of aromatic hydroxyl groups is 1. The molecule has 1 aliphatic heterocycles. The molecule has 1 amide bonds. The van der Waals surface area contributed by atoms with Crippen LogP contribution in [0.15, 0.2) is 42.5 Å². The van der Waals surface area contributed by atoms with Crippen LogP contribution in [0.2, 0.25) is 0 Å². The third-order valence-electron chi connectivity index (χ3n) is 4.56. The fourth-order valence-electron chi connectivity index (χ4n) is 3.39. The normalized spacial score (nSPS) is 20.6. The fourth-order valence-corrected chi connectivity index (χ4v) is 3.39. The zero-order chi connectivity index (χ0) is 18.0. The summed E-state index contributed by atoms with van der Waals surface area (Å²) >= 11 is 0. The molecule has 2 aromatic carbocycles. The molecular formula is C19H20F2N2O2. The van der Waals surface area contributed by atoms with Gasteiger partial charge < -0.3 is 10.4 Å². The van der Waals surface area contributed by atoms with Gasteiger partial charge in [-0.05, 0) is 48.9 Å². The number of phenolic OH excluding ortho intramolecular Hbond substituents is 1. The summed E-state index contributed by atoms with van der Waals surface area (Å²) in [7, 11) is 1.90. The number of halogens is 2. The Morgan fingerprint density at radius 3 is 2.76 bits per heavy atom. The van der Waals surface area contributed by atoms with Crippen molar-refractivity contribution in [3.05, 3.63) is 65.2 Å². The second-order valence-electron chi connectivity index (χ2n) is 6.41. The van der Waals surface area contributed by atoms with E-state index in [-0.39, 0.29) is 30.2 Å². The lowest BCUT2D eigenvalue weighted by atomic mass is 9.99. The number of carbonyl (C=O) groups is 1. The van der Waals surface area contributed by atoms with Gasteiger partial charge in [0.2, 0.25) is 5.91 Å². The van der Waals surface area contributed by atoms with Crippen molar-refractivity contribution in [2.45, 2.75) is 24.9 Å². The molecule has 2 N–H and O–H groups in total. The first-order valence-electron chi connectivity index (χ1n) is 8.16. The summed E-state index contributed by atoms with van der Waals surface area (Å²) in [6.45, 7) is 0.751. The Kier molecular flexibility index (Phi) is 4.99. The SMILES string of the molecule is CN1CCC(NC(=O)Cc2cccc(O)c2)C1c1ccc(F)c(F)c1. The van der Waals surface area contributed by atoms with Gasteiger partial charge in [0, 0.05) is 12.6 Å². The van der Waals surface area contributed by atoms with E-state index >= 15 is 0 Å². The maximum atomic E-state index is 13.6. The average molecular weight is 346 g/mol. The maximum Gasteiger partial charge on any atom is 0.224 e. The number of rotatable bonds is 4. The second kappa shape index (κ2) is 7.19. The second-order valence-corrected chi connectivity index (χ2v) is 6.41. The van der Waals surface area contributed by atoms with Crippen LogP contribution in [0.3, 0.4) is 0 Å². The van der Waals surface area contributed by atoms with Crippen molar-refractivity contribution in [3.63, 3.8) is 0 Å². The van der Waals surface area contributed by atoms with Crippen LogP contribution in [0, 0.1) is 11.6 Å². The van der Waals surface area contributed by atoms with Crippen LogP contribution in [-0.2, 0) is 11.2 Å². The van der Waals surface area contributed by atoms with Gasteiger partial charge in [0.1, 0.15) is 5.75 Å². The van der Waals surface area contributed by atoms with Gasteiger partial charge in [-0.3, -0.25) is 9.69 Å². The van der Waals surface area contributed by atoms with Gasteiger partial charge in [-0.15, -0.1) is 0 Å². The lowest BCUT2D eigenvalue weighted by Crippen LogP contribution is -2.39. The van der Waals surface area contributed by atoms with Crippen molar-refractivity contribution in [1.82, 2.24) is 10.2 Å². The van der Waals surface area contributed by atoms with Crippen molar-refractivity contribution in [2.24, 2.45) is 0 Å². The Labute approximate surface area is 145 Å². The molecule has 4 nitrogen and oxygen atoms in total. The minimum absolute atomic E-state index is 0.116. The number of carbonyl (C=O) groups excluding carboxylic acids is 1. The Hall–Kier alpha value is -2.47. The highest BCUT2D eigenvalue weighted by atomic mass is 19.2. The number of hydrogen-bond donors (Lipinski definition) is 2. The van der Waals surface area contributed by atoms with Crippen molar-refractivity contribution in [3.8, 4) is 5.75 Å².